The Morgan fingerprint density at radius 3 is 2.34 bits per heavy atom. The number of methoxy groups -OCH3 is 2. The zero-order valence-corrected chi connectivity index (χ0v) is 22.8. The standard InChI is InChI=1S/C28H30N4O5S/c1-16-10-17(2)12-20(11-16)29-28(33)22-14-23(19-6-7-24(36-4)25(13-19)37-5)30-27-26(22)18(3)31-32(27)21-8-9-38(34,35)15-21/h6-7,10-14,21H,8-9,15H2,1-5H3,(H,29,33). The van der Waals surface area contributed by atoms with Crippen molar-refractivity contribution in [3.8, 4) is 22.8 Å². The number of hydrogen-bond acceptors (Lipinski definition) is 7. The van der Waals surface area contributed by atoms with Gasteiger partial charge in [0.05, 0.1) is 54.1 Å². The number of aryl methyl sites for hydroxylation is 3. The summed E-state index contributed by atoms with van der Waals surface area (Å²) in [6, 6.07) is 12.7. The molecule has 0 saturated carbocycles. The summed E-state index contributed by atoms with van der Waals surface area (Å²) in [4.78, 5) is 18.6. The van der Waals surface area contributed by atoms with E-state index in [1.807, 2.05) is 45.0 Å². The van der Waals surface area contributed by atoms with Crippen molar-refractivity contribution < 1.29 is 22.7 Å². The minimum Gasteiger partial charge on any atom is -0.493 e. The average molecular weight is 535 g/mol. The van der Waals surface area contributed by atoms with Gasteiger partial charge in [0.1, 0.15) is 0 Å². The number of anilines is 1. The third-order valence-electron chi connectivity index (χ3n) is 6.79. The van der Waals surface area contributed by atoms with Gasteiger partial charge in [-0.1, -0.05) is 6.07 Å². The van der Waals surface area contributed by atoms with E-state index in [-0.39, 0.29) is 23.5 Å². The zero-order valence-electron chi connectivity index (χ0n) is 22.0. The summed E-state index contributed by atoms with van der Waals surface area (Å²) >= 11 is 0. The Bertz CT molecular complexity index is 1660. The number of pyridine rings is 1. The van der Waals surface area contributed by atoms with Crippen molar-refractivity contribution in [3.63, 3.8) is 0 Å². The third-order valence-corrected chi connectivity index (χ3v) is 8.55. The summed E-state index contributed by atoms with van der Waals surface area (Å²) in [5, 5.41) is 8.30. The molecule has 0 bridgehead atoms. The molecule has 1 amide bonds. The van der Waals surface area contributed by atoms with Gasteiger partial charge in [-0.25, -0.2) is 18.1 Å². The van der Waals surface area contributed by atoms with Crippen LogP contribution in [0.1, 0.15) is 39.6 Å². The number of nitrogens with one attached hydrogen (secondary N) is 1. The minimum absolute atomic E-state index is 0.00438. The number of amides is 1. The zero-order chi connectivity index (χ0) is 27.2. The van der Waals surface area contributed by atoms with Crippen LogP contribution in [0.3, 0.4) is 0 Å². The van der Waals surface area contributed by atoms with E-state index < -0.39 is 9.84 Å². The molecule has 1 aliphatic rings. The number of ether oxygens (including phenoxy) is 2. The fourth-order valence-electron chi connectivity index (χ4n) is 5.10. The number of carbonyl (C=O) groups excluding carboxylic acids is 1. The quantitative estimate of drug-likeness (QED) is 0.383. The fourth-order valence-corrected chi connectivity index (χ4v) is 6.80. The van der Waals surface area contributed by atoms with E-state index in [9.17, 15) is 13.2 Å². The van der Waals surface area contributed by atoms with Gasteiger partial charge in [0.15, 0.2) is 27.0 Å². The molecule has 2 aromatic heterocycles. The van der Waals surface area contributed by atoms with Crippen LogP contribution in [0.25, 0.3) is 22.3 Å². The SMILES string of the molecule is COc1ccc(-c2cc(C(=O)Nc3cc(C)cc(C)c3)c3c(C)nn(C4CCS(=O)(=O)C4)c3n2)cc1OC. The van der Waals surface area contributed by atoms with Gasteiger partial charge < -0.3 is 14.8 Å². The highest BCUT2D eigenvalue weighted by Gasteiger charge is 2.32. The average Bonchev–Trinajstić information content (AvgIpc) is 3.40. The lowest BCUT2D eigenvalue weighted by atomic mass is 10.0. The van der Waals surface area contributed by atoms with Crippen molar-refractivity contribution in [1.82, 2.24) is 14.8 Å². The minimum atomic E-state index is -3.16. The monoisotopic (exact) mass is 534 g/mol. The van der Waals surface area contributed by atoms with Crippen LogP contribution in [0.15, 0.2) is 42.5 Å². The molecule has 1 unspecified atom stereocenters. The Labute approximate surface area is 221 Å². The Kier molecular flexibility index (Phi) is 6.60. The van der Waals surface area contributed by atoms with Crippen LogP contribution < -0.4 is 14.8 Å². The lowest BCUT2D eigenvalue weighted by Crippen LogP contribution is -2.15. The van der Waals surface area contributed by atoms with E-state index in [2.05, 4.69) is 10.4 Å². The highest BCUT2D eigenvalue weighted by molar-refractivity contribution is 7.91. The van der Waals surface area contributed by atoms with Gasteiger partial charge in [0, 0.05) is 11.3 Å². The van der Waals surface area contributed by atoms with Gasteiger partial charge in [0.2, 0.25) is 0 Å². The molecule has 10 heteroatoms. The topological polar surface area (TPSA) is 112 Å². The number of benzene rings is 2. The van der Waals surface area contributed by atoms with Gasteiger partial charge in [-0.05, 0) is 74.7 Å². The van der Waals surface area contributed by atoms with E-state index in [0.29, 0.717) is 51.6 Å². The van der Waals surface area contributed by atoms with Gasteiger partial charge in [-0.15, -0.1) is 0 Å². The first kappa shape index (κ1) is 25.7. The van der Waals surface area contributed by atoms with Crippen molar-refractivity contribution in [2.75, 3.05) is 31.0 Å². The maximum absolute atomic E-state index is 13.7. The molecule has 1 atom stereocenters. The molecule has 1 aliphatic heterocycles. The first-order valence-electron chi connectivity index (χ1n) is 12.3. The third kappa shape index (κ3) is 4.83. The maximum Gasteiger partial charge on any atom is 0.256 e. The van der Waals surface area contributed by atoms with Crippen LogP contribution in [-0.4, -0.2) is 54.8 Å². The normalized spacial score (nSPS) is 16.5. The molecule has 1 N–H and O–H groups in total. The number of nitrogens with zero attached hydrogens (tertiary/aromatic N) is 3. The molecular weight excluding hydrogens is 504 g/mol. The Morgan fingerprint density at radius 2 is 1.71 bits per heavy atom. The summed E-state index contributed by atoms with van der Waals surface area (Å²) in [5.41, 5.74) is 5.51. The maximum atomic E-state index is 13.7. The molecule has 0 spiro atoms. The van der Waals surface area contributed by atoms with E-state index in [1.54, 1.807) is 37.1 Å². The predicted molar refractivity (Wildman–Crippen MR) is 147 cm³/mol. The van der Waals surface area contributed by atoms with E-state index in [4.69, 9.17) is 14.5 Å². The van der Waals surface area contributed by atoms with Crippen molar-refractivity contribution in [2.24, 2.45) is 0 Å². The summed E-state index contributed by atoms with van der Waals surface area (Å²) < 4.78 is 37.0. The van der Waals surface area contributed by atoms with Crippen LogP contribution in [0.4, 0.5) is 5.69 Å². The Morgan fingerprint density at radius 1 is 1.00 bits per heavy atom. The molecule has 0 aliphatic carbocycles. The second-order valence-electron chi connectivity index (χ2n) is 9.74. The molecule has 198 valence electrons. The van der Waals surface area contributed by atoms with Gasteiger partial charge >= 0.3 is 0 Å². The van der Waals surface area contributed by atoms with E-state index in [1.165, 1.54) is 0 Å². The van der Waals surface area contributed by atoms with Crippen LogP contribution in [0, 0.1) is 20.8 Å². The van der Waals surface area contributed by atoms with Crippen LogP contribution >= 0.6 is 0 Å². The molecule has 1 saturated heterocycles. The highest BCUT2D eigenvalue weighted by atomic mass is 32.2. The molecule has 5 rings (SSSR count). The molecule has 0 radical (unpaired) electrons. The summed E-state index contributed by atoms with van der Waals surface area (Å²) in [5.74, 6) is 0.899. The number of rotatable bonds is 6. The van der Waals surface area contributed by atoms with E-state index >= 15 is 0 Å². The number of hydrogen-bond donors (Lipinski definition) is 1. The number of aromatic nitrogens is 3. The first-order chi connectivity index (χ1) is 18.1. The second kappa shape index (κ2) is 9.75. The Balaban J connectivity index is 1.69. The fraction of sp³-hybridized carbons (Fsp3) is 0.321. The summed E-state index contributed by atoms with van der Waals surface area (Å²) in [7, 11) is -0.0364. The molecule has 3 heterocycles. The lowest BCUT2D eigenvalue weighted by molar-refractivity contribution is 0.102. The smallest absolute Gasteiger partial charge is 0.256 e. The van der Waals surface area contributed by atoms with Crippen LogP contribution in [0.2, 0.25) is 0 Å². The van der Waals surface area contributed by atoms with Crippen LogP contribution in [-0.2, 0) is 9.84 Å². The van der Waals surface area contributed by atoms with E-state index in [0.717, 1.165) is 16.7 Å². The second-order valence-corrected chi connectivity index (χ2v) is 12.0. The molecule has 38 heavy (non-hydrogen) atoms. The number of fused-ring (bicyclic) bond motifs is 1. The Hall–Kier alpha value is -3.92. The highest BCUT2D eigenvalue weighted by Crippen LogP contribution is 2.35. The molecule has 2 aromatic carbocycles. The molecule has 4 aromatic rings. The first-order valence-corrected chi connectivity index (χ1v) is 14.1. The van der Waals surface area contributed by atoms with Gasteiger partial charge in [-0.3, -0.25) is 4.79 Å². The number of sulfone groups is 1. The molecule has 9 nitrogen and oxygen atoms in total. The van der Waals surface area contributed by atoms with Crippen molar-refractivity contribution in [1.29, 1.82) is 0 Å². The van der Waals surface area contributed by atoms with Crippen molar-refractivity contribution >= 4 is 32.5 Å². The number of carbonyl (C=O) groups is 1. The summed E-state index contributed by atoms with van der Waals surface area (Å²) in [6.45, 7) is 5.77. The lowest BCUT2D eigenvalue weighted by Gasteiger charge is -2.14. The summed E-state index contributed by atoms with van der Waals surface area (Å²) in [6.07, 6.45) is 0.449. The molecular formula is C28H30N4O5S. The van der Waals surface area contributed by atoms with Crippen molar-refractivity contribution in [3.05, 3.63) is 64.8 Å². The molecule has 1 fully saturated rings. The van der Waals surface area contributed by atoms with Gasteiger partial charge in [0.25, 0.3) is 5.91 Å². The largest absolute Gasteiger partial charge is 0.493 e. The van der Waals surface area contributed by atoms with Crippen molar-refractivity contribution in [2.45, 2.75) is 33.2 Å². The van der Waals surface area contributed by atoms with Gasteiger partial charge in [-0.2, -0.15) is 5.10 Å². The predicted octanol–water partition coefficient (Wildman–Crippen LogP) is 4.65. The van der Waals surface area contributed by atoms with Crippen LogP contribution in [0.5, 0.6) is 11.5 Å².